The highest BCUT2D eigenvalue weighted by Gasteiger charge is 2.04. The standard InChI is InChI=1S/C12H17N3O3S/c1-16-5-6-18-10-4-3-9(7-11(10)17-2)8-14-15-12(13)19/h3-4,7-8H,5-6H2,1-2H3,(H3,13,15,19). The zero-order valence-electron chi connectivity index (χ0n) is 10.9. The number of methoxy groups -OCH3 is 2. The Bertz CT molecular complexity index is 452. The molecule has 0 aliphatic rings. The van der Waals surface area contributed by atoms with E-state index in [2.05, 4.69) is 22.7 Å². The number of nitrogens with two attached hydrogens (primary N) is 1. The van der Waals surface area contributed by atoms with Crippen molar-refractivity contribution in [3.05, 3.63) is 23.8 Å². The molecule has 1 rings (SSSR count). The molecule has 0 amide bonds. The van der Waals surface area contributed by atoms with E-state index in [9.17, 15) is 0 Å². The van der Waals surface area contributed by atoms with Crippen LogP contribution in [0.3, 0.4) is 0 Å². The quantitative estimate of drug-likeness (QED) is 0.335. The van der Waals surface area contributed by atoms with Crippen molar-refractivity contribution in [1.82, 2.24) is 5.43 Å². The molecule has 0 spiro atoms. The first-order valence-corrected chi connectivity index (χ1v) is 5.96. The first-order valence-electron chi connectivity index (χ1n) is 5.55. The van der Waals surface area contributed by atoms with Crippen LogP contribution in [0.15, 0.2) is 23.3 Å². The van der Waals surface area contributed by atoms with E-state index in [0.717, 1.165) is 5.56 Å². The number of hydrazone groups is 1. The van der Waals surface area contributed by atoms with E-state index in [0.29, 0.717) is 24.7 Å². The molecule has 1 aromatic rings. The van der Waals surface area contributed by atoms with Crippen molar-refractivity contribution >= 4 is 23.5 Å². The summed E-state index contributed by atoms with van der Waals surface area (Å²) < 4.78 is 15.7. The van der Waals surface area contributed by atoms with E-state index < -0.39 is 0 Å². The molecule has 3 N–H and O–H groups in total. The highest BCUT2D eigenvalue weighted by atomic mass is 32.1. The molecule has 0 aromatic heterocycles. The number of thiocarbonyl (C=S) groups is 1. The van der Waals surface area contributed by atoms with Crippen LogP contribution in [0, 0.1) is 0 Å². The van der Waals surface area contributed by atoms with E-state index in [1.54, 1.807) is 32.6 Å². The van der Waals surface area contributed by atoms with E-state index in [-0.39, 0.29) is 5.11 Å². The Kier molecular flexibility index (Phi) is 6.62. The van der Waals surface area contributed by atoms with Crippen LogP contribution in [0.2, 0.25) is 0 Å². The molecular formula is C12H17N3O3S. The number of rotatable bonds is 7. The minimum absolute atomic E-state index is 0.114. The number of hydrogen-bond donors (Lipinski definition) is 2. The van der Waals surface area contributed by atoms with E-state index in [1.165, 1.54) is 0 Å². The molecule has 0 saturated carbocycles. The summed E-state index contributed by atoms with van der Waals surface area (Å²) in [6.07, 6.45) is 1.58. The number of nitrogens with zero attached hydrogens (tertiary/aromatic N) is 1. The number of benzene rings is 1. The molecule has 0 atom stereocenters. The van der Waals surface area contributed by atoms with Gasteiger partial charge in [-0.2, -0.15) is 5.10 Å². The monoisotopic (exact) mass is 283 g/mol. The smallest absolute Gasteiger partial charge is 0.184 e. The minimum Gasteiger partial charge on any atom is -0.493 e. The highest BCUT2D eigenvalue weighted by molar-refractivity contribution is 7.80. The second-order valence-electron chi connectivity index (χ2n) is 3.49. The number of ether oxygens (including phenoxy) is 3. The molecule has 19 heavy (non-hydrogen) atoms. The molecule has 0 aliphatic carbocycles. The molecule has 0 heterocycles. The summed E-state index contributed by atoms with van der Waals surface area (Å²) in [5.74, 6) is 1.27. The van der Waals surface area contributed by atoms with Crippen molar-refractivity contribution in [2.24, 2.45) is 10.8 Å². The Labute approximate surface area is 117 Å². The molecule has 7 heteroatoms. The van der Waals surface area contributed by atoms with Gasteiger partial charge in [-0.05, 0) is 36.0 Å². The molecule has 0 unspecified atom stereocenters. The number of nitrogens with one attached hydrogen (secondary N) is 1. The van der Waals surface area contributed by atoms with Gasteiger partial charge in [-0.15, -0.1) is 0 Å². The first-order chi connectivity index (χ1) is 9.17. The SMILES string of the molecule is COCCOc1ccc(C=NNC(N)=S)cc1OC. The summed E-state index contributed by atoms with van der Waals surface area (Å²) in [5, 5.41) is 3.98. The summed E-state index contributed by atoms with van der Waals surface area (Å²) in [6, 6.07) is 5.44. The lowest BCUT2D eigenvalue weighted by atomic mass is 10.2. The third-order valence-corrected chi connectivity index (χ3v) is 2.21. The van der Waals surface area contributed by atoms with Gasteiger partial charge in [0.1, 0.15) is 6.61 Å². The summed E-state index contributed by atoms with van der Waals surface area (Å²) in [5.41, 5.74) is 8.57. The Morgan fingerprint density at radius 1 is 1.37 bits per heavy atom. The second kappa shape index (κ2) is 8.28. The van der Waals surface area contributed by atoms with Gasteiger partial charge in [0.25, 0.3) is 0 Å². The third-order valence-electron chi connectivity index (χ3n) is 2.12. The van der Waals surface area contributed by atoms with Crippen molar-refractivity contribution in [3.63, 3.8) is 0 Å². The Balaban J connectivity index is 2.71. The van der Waals surface area contributed by atoms with Gasteiger partial charge < -0.3 is 19.9 Å². The van der Waals surface area contributed by atoms with E-state index >= 15 is 0 Å². The topological polar surface area (TPSA) is 78.1 Å². The first kappa shape index (κ1) is 15.2. The van der Waals surface area contributed by atoms with E-state index in [4.69, 9.17) is 19.9 Å². The van der Waals surface area contributed by atoms with Gasteiger partial charge in [0, 0.05) is 7.11 Å². The van der Waals surface area contributed by atoms with Crippen molar-refractivity contribution in [2.75, 3.05) is 27.4 Å². The highest BCUT2D eigenvalue weighted by Crippen LogP contribution is 2.27. The fourth-order valence-corrected chi connectivity index (χ4v) is 1.34. The molecule has 0 aliphatic heterocycles. The summed E-state index contributed by atoms with van der Waals surface area (Å²) in [6.45, 7) is 0.980. The zero-order valence-corrected chi connectivity index (χ0v) is 11.7. The fraction of sp³-hybridized carbons (Fsp3) is 0.333. The van der Waals surface area contributed by atoms with Gasteiger partial charge in [-0.3, -0.25) is 5.43 Å². The predicted molar refractivity (Wildman–Crippen MR) is 77.9 cm³/mol. The summed E-state index contributed by atoms with van der Waals surface area (Å²) >= 11 is 4.64. The van der Waals surface area contributed by atoms with Gasteiger partial charge in [0.2, 0.25) is 0 Å². The van der Waals surface area contributed by atoms with Gasteiger partial charge in [-0.1, -0.05) is 0 Å². The van der Waals surface area contributed by atoms with Gasteiger partial charge in [0.15, 0.2) is 16.6 Å². The Hall–Kier alpha value is -1.86. The summed E-state index contributed by atoms with van der Waals surface area (Å²) in [7, 11) is 3.20. The Morgan fingerprint density at radius 3 is 2.79 bits per heavy atom. The van der Waals surface area contributed by atoms with Crippen LogP contribution in [0.4, 0.5) is 0 Å². The maximum atomic E-state index is 5.52. The van der Waals surface area contributed by atoms with E-state index in [1.807, 2.05) is 6.07 Å². The van der Waals surface area contributed by atoms with Crippen molar-refractivity contribution in [3.8, 4) is 11.5 Å². The van der Waals surface area contributed by atoms with Crippen LogP contribution in [0.5, 0.6) is 11.5 Å². The Morgan fingerprint density at radius 2 is 2.16 bits per heavy atom. The lowest BCUT2D eigenvalue weighted by molar-refractivity contribution is 0.144. The van der Waals surface area contributed by atoms with Crippen LogP contribution in [0.25, 0.3) is 0 Å². The van der Waals surface area contributed by atoms with Crippen LogP contribution in [-0.4, -0.2) is 38.8 Å². The molecule has 1 aromatic carbocycles. The molecule has 0 saturated heterocycles. The molecule has 6 nitrogen and oxygen atoms in total. The molecule has 0 radical (unpaired) electrons. The van der Waals surface area contributed by atoms with Gasteiger partial charge in [0.05, 0.1) is 19.9 Å². The average Bonchev–Trinajstić information content (AvgIpc) is 2.39. The van der Waals surface area contributed by atoms with Crippen molar-refractivity contribution in [2.45, 2.75) is 0 Å². The number of hydrogen-bond acceptors (Lipinski definition) is 5. The zero-order chi connectivity index (χ0) is 14.1. The lowest BCUT2D eigenvalue weighted by Crippen LogP contribution is -2.23. The molecular weight excluding hydrogens is 266 g/mol. The maximum absolute atomic E-state index is 5.52. The largest absolute Gasteiger partial charge is 0.493 e. The van der Waals surface area contributed by atoms with Crippen LogP contribution in [-0.2, 0) is 4.74 Å². The summed E-state index contributed by atoms with van der Waals surface area (Å²) in [4.78, 5) is 0. The second-order valence-corrected chi connectivity index (χ2v) is 3.93. The normalized spacial score (nSPS) is 10.4. The molecule has 104 valence electrons. The predicted octanol–water partition coefficient (Wildman–Crippen LogP) is 0.888. The van der Waals surface area contributed by atoms with Gasteiger partial charge in [-0.25, -0.2) is 0 Å². The fourth-order valence-electron chi connectivity index (χ4n) is 1.29. The third kappa shape index (κ3) is 5.54. The van der Waals surface area contributed by atoms with Crippen molar-refractivity contribution in [1.29, 1.82) is 0 Å². The van der Waals surface area contributed by atoms with Crippen molar-refractivity contribution < 1.29 is 14.2 Å². The molecule has 0 fully saturated rings. The maximum Gasteiger partial charge on any atom is 0.184 e. The average molecular weight is 283 g/mol. The lowest BCUT2D eigenvalue weighted by Gasteiger charge is -2.10. The van der Waals surface area contributed by atoms with Crippen LogP contribution >= 0.6 is 12.2 Å². The van der Waals surface area contributed by atoms with Crippen LogP contribution < -0.4 is 20.6 Å². The van der Waals surface area contributed by atoms with Gasteiger partial charge >= 0.3 is 0 Å². The van der Waals surface area contributed by atoms with Crippen LogP contribution in [0.1, 0.15) is 5.56 Å². The molecule has 0 bridgehead atoms. The minimum atomic E-state index is 0.114.